The molecule has 152 valence electrons. The van der Waals surface area contributed by atoms with E-state index in [0.717, 1.165) is 27.9 Å². The molecule has 0 unspecified atom stereocenters. The van der Waals surface area contributed by atoms with Crippen molar-refractivity contribution in [1.29, 1.82) is 0 Å². The Morgan fingerprint density at radius 1 is 1.00 bits per heavy atom. The number of hydrazone groups is 1. The van der Waals surface area contributed by atoms with Gasteiger partial charge in [0.05, 0.1) is 24.5 Å². The Bertz CT molecular complexity index is 1420. The standard InChI is InChI=1S/C24H17ClN4OS/c1-30-18-9-10-21-16(12-18)11-17(23(25)27-21)13-26-29-24-28-22(14-31-24)20-8-4-6-15-5-2-3-7-19(15)20/h2-14H,1H3,(H,28,29). The molecule has 0 amide bonds. The number of thiazole rings is 1. The number of aromatic nitrogens is 2. The van der Waals surface area contributed by atoms with Crippen LogP contribution in [0.15, 0.2) is 77.2 Å². The SMILES string of the molecule is COc1ccc2nc(Cl)c(C=NNc3nc(-c4cccc5ccccc45)cs3)cc2c1. The molecule has 5 nitrogen and oxygen atoms in total. The quantitative estimate of drug-likeness (QED) is 0.188. The molecular weight excluding hydrogens is 428 g/mol. The van der Waals surface area contributed by atoms with Gasteiger partial charge in [-0.3, -0.25) is 5.43 Å². The lowest BCUT2D eigenvalue weighted by Gasteiger charge is -2.04. The average Bonchev–Trinajstić information content (AvgIpc) is 3.27. The van der Waals surface area contributed by atoms with E-state index in [0.29, 0.717) is 15.8 Å². The number of nitrogens with zero attached hydrogens (tertiary/aromatic N) is 3. The van der Waals surface area contributed by atoms with E-state index >= 15 is 0 Å². The van der Waals surface area contributed by atoms with Gasteiger partial charge in [0.2, 0.25) is 5.13 Å². The molecule has 1 N–H and O–H groups in total. The lowest BCUT2D eigenvalue weighted by Crippen LogP contribution is -1.93. The van der Waals surface area contributed by atoms with Gasteiger partial charge in [-0.1, -0.05) is 54.1 Å². The van der Waals surface area contributed by atoms with Crippen LogP contribution in [0.4, 0.5) is 5.13 Å². The monoisotopic (exact) mass is 444 g/mol. The van der Waals surface area contributed by atoms with Crippen LogP contribution in [0.5, 0.6) is 5.75 Å². The maximum Gasteiger partial charge on any atom is 0.203 e. The summed E-state index contributed by atoms with van der Waals surface area (Å²) >= 11 is 7.82. The second-order valence-corrected chi connectivity index (χ2v) is 8.08. The summed E-state index contributed by atoms with van der Waals surface area (Å²) in [4.78, 5) is 9.11. The number of halogens is 1. The van der Waals surface area contributed by atoms with Crippen molar-refractivity contribution in [3.63, 3.8) is 0 Å². The predicted octanol–water partition coefficient (Wildman–Crippen LogP) is 6.62. The van der Waals surface area contributed by atoms with Crippen molar-refractivity contribution in [3.05, 3.63) is 82.8 Å². The van der Waals surface area contributed by atoms with Gasteiger partial charge in [0.25, 0.3) is 0 Å². The molecule has 2 heterocycles. The van der Waals surface area contributed by atoms with Gasteiger partial charge in [-0.05, 0) is 35.0 Å². The summed E-state index contributed by atoms with van der Waals surface area (Å²) in [5, 5.41) is 10.7. The van der Waals surface area contributed by atoms with Gasteiger partial charge in [-0.15, -0.1) is 11.3 Å². The number of pyridine rings is 1. The molecule has 0 fully saturated rings. The van der Waals surface area contributed by atoms with E-state index in [1.165, 1.54) is 22.1 Å². The van der Waals surface area contributed by atoms with Crippen LogP contribution >= 0.6 is 22.9 Å². The summed E-state index contributed by atoms with van der Waals surface area (Å²) in [6.07, 6.45) is 1.65. The Balaban J connectivity index is 1.38. The second kappa shape index (κ2) is 8.34. The normalized spacial score (nSPS) is 11.4. The topological polar surface area (TPSA) is 59.4 Å². The van der Waals surface area contributed by atoms with E-state index in [-0.39, 0.29) is 0 Å². The summed E-state index contributed by atoms with van der Waals surface area (Å²) < 4.78 is 5.28. The number of anilines is 1. The zero-order valence-electron chi connectivity index (χ0n) is 16.5. The van der Waals surface area contributed by atoms with Gasteiger partial charge in [0.1, 0.15) is 10.9 Å². The third-order valence-corrected chi connectivity index (χ3v) is 5.99. The smallest absolute Gasteiger partial charge is 0.203 e. The highest BCUT2D eigenvalue weighted by Gasteiger charge is 2.08. The van der Waals surface area contributed by atoms with Crippen molar-refractivity contribution in [1.82, 2.24) is 9.97 Å². The number of rotatable bonds is 5. The zero-order chi connectivity index (χ0) is 21.2. The van der Waals surface area contributed by atoms with Crippen molar-refractivity contribution in [2.75, 3.05) is 12.5 Å². The Kier molecular flexibility index (Phi) is 5.24. The Morgan fingerprint density at radius 2 is 1.87 bits per heavy atom. The highest BCUT2D eigenvalue weighted by atomic mass is 35.5. The van der Waals surface area contributed by atoms with Crippen molar-refractivity contribution < 1.29 is 4.74 Å². The van der Waals surface area contributed by atoms with Gasteiger partial charge < -0.3 is 4.74 Å². The molecule has 5 aromatic rings. The molecule has 0 saturated carbocycles. The molecule has 3 aromatic carbocycles. The van der Waals surface area contributed by atoms with E-state index in [2.05, 4.69) is 44.8 Å². The number of fused-ring (bicyclic) bond motifs is 2. The van der Waals surface area contributed by atoms with Gasteiger partial charge in [-0.2, -0.15) is 5.10 Å². The van der Waals surface area contributed by atoms with Gasteiger partial charge in [0, 0.05) is 21.9 Å². The Labute approximate surface area is 188 Å². The molecule has 0 aliphatic carbocycles. The molecule has 0 aliphatic rings. The fourth-order valence-corrected chi connectivity index (χ4v) is 4.27. The minimum absolute atomic E-state index is 0.388. The maximum atomic E-state index is 6.32. The third kappa shape index (κ3) is 3.95. The molecule has 0 atom stereocenters. The summed E-state index contributed by atoms with van der Waals surface area (Å²) in [7, 11) is 1.64. The molecule has 0 bridgehead atoms. The molecular formula is C24H17ClN4OS. The van der Waals surface area contributed by atoms with Crippen molar-refractivity contribution in [3.8, 4) is 17.0 Å². The van der Waals surface area contributed by atoms with Crippen LogP contribution in [0.1, 0.15) is 5.56 Å². The lowest BCUT2D eigenvalue weighted by molar-refractivity contribution is 0.415. The minimum Gasteiger partial charge on any atom is -0.497 e. The van der Waals surface area contributed by atoms with E-state index in [4.69, 9.17) is 16.3 Å². The van der Waals surface area contributed by atoms with Gasteiger partial charge >= 0.3 is 0 Å². The van der Waals surface area contributed by atoms with E-state index in [1.807, 2.05) is 47.8 Å². The second-order valence-electron chi connectivity index (χ2n) is 6.86. The number of ether oxygens (including phenoxy) is 1. The largest absolute Gasteiger partial charge is 0.497 e. The van der Waals surface area contributed by atoms with E-state index in [9.17, 15) is 0 Å². The third-order valence-electron chi connectivity index (χ3n) is 4.94. The Morgan fingerprint density at radius 3 is 2.77 bits per heavy atom. The molecule has 5 rings (SSSR count). The van der Waals surface area contributed by atoms with E-state index < -0.39 is 0 Å². The van der Waals surface area contributed by atoms with Crippen LogP contribution in [-0.4, -0.2) is 23.3 Å². The van der Waals surface area contributed by atoms with Crippen molar-refractivity contribution in [2.24, 2.45) is 5.10 Å². The highest BCUT2D eigenvalue weighted by Crippen LogP contribution is 2.31. The van der Waals surface area contributed by atoms with Crippen LogP contribution in [0.25, 0.3) is 32.9 Å². The summed E-state index contributed by atoms with van der Waals surface area (Å²) in [5.41, 5.74) is 6.52. The van der Waals surface area contributed by atoms with Crippen LogP contribution in [-0.2, 0) is 0 Å². The first-order chi connectivity index (χ1) is 15.2. The maximum absolute atomic E-state index is 6.32. The number of benzene rings is 3. The van der Waals surface area contributed by atoms with Gasteiger partial charge in [0.15, 0.2) is 0 Å². The van der Waals surface area contributed by atoms with E-state index in [1.54, 1.807) is 13.3 Å². The average molecular weight is 445 g/mol. The molecule has 0 radical (unpaired) electrons. The van der Waals surface area contributed by atoms with Crippen LogP contribution in [0.2, 0.25) is 5.15 Å². The fraction of sp³-hybridized carbons (Fsp3) is 0.0417. The number of hydrogen-bond acceptors (Lipinski definition) is 6. The van der Waals surface area contributed by atoms with Crippen molar-refractivity contribution in [2.45, 2.75) is 0 Å². The van der Waals surface area contributed by atoms with Crippen LogP contribution < -0.4 is 10.2 Å². The fourth-order valence-electron chi connectivity index (χ4n) is 3.42. The van der Waals surface area contributed by atoms with Gasteiger partial charge in [-0.25, -0.2) is 9.97 Å². The van der Waals surface area contributed by atoms with Crippen LogP contribution in [0, 0.1) is 0 Å². The molecule has 31 heavy (non-hydrogen) atoms. The highest BCUT2D eigenvalue weighted by molar-refractivity contribution is 7.14. The first-order valence-corrected chi connectivity index (χ1v) is 10.8. The zero-order valence-corrected chi connectivity index (χ0v) is 18.1. The Hall–Kier alpha value is -3.48. The summed E-state index contributed by atoms with van der Waals surface area (Å²) in [6.45, 7) is 0. The number of methoxy groups -OCH3 is 1. The minimum atomic E-state index is 0.388. The first-order valence-electron chi connectivity index (χ1n) is 9.58. The predicted molar refractivity (Wildman–Crippen MR) is 130 cm³/mol. The first kappa shape index (κ1) is 19.5. The van der Waals surface area contributed by atoms with Crippen LogP contribution in [0.3, 0.4) is 0 Å². The molecule has 2 aromatic heterocycles. The van der Waals surface area contributed by atoms with Crippen molar-refractivity contribution >= 4 is 56.0 Å². The molecule has 0 spiro atoms. The summed E-state index contributed by atoms with van der Waals surface area (Å²) in [5.74, 6) is 0.765. The molecule has 7 heteroatoms. The summed E-state index contributed by atoms with van der Waals surface area (Å²) in [6, 6.07) is 22.1. The molecule has 0 aliphatic heterocycles. The lowest BCUT2D eigenvalue weighted by atomic mass is 10.0. The molecule has 0 saturated heterocycles. The number of nitrogens with one attached hydrogen (secondary N) is 1. The number of hydrogen-bond donors (Lipinski definition) is 1.